The van der Waals surface area contributed by atoms with Gasteiger partial charge in [-0.1, -0.05) is 13.2 Å². The Morgan fingerprint density at radius 2 is 2.17 bits per heavy atom. The lowest BCUT2D eigenvalue weighted by Gasteiger charge is -2.09. The zero-order chi connectivity index (χ0) is 17.0. The number of allylic oxidation sites excluding steroid dienone is 1. The number of fused-ring (bicyclic) bond motifs is 1. The van der Waals surface area contributed by atoms with Gasteiger partial charge in [-0.3, -0.25) is 19.7 Å². The second-order valence-corrected chi connectivity index (χ2v) is 5.01. The van der Waals surface area contributed by atoms with Crippen LogP contribution in [-0.2, 0) is 17.8 Å². The number of aromatic amines is 1. The Balaban J connectivity index is 2.60. The second-order valence-electron chi connectivity index (χ2n) is 5.01. The van der Waals surface area contributed by atoms with Crippen molar-refractivity contribution in [2.45, 2.75) is 20.0 Å². The first-order chi connectivity index (χ1) is 11.0. The standard InChI is InChI=1S/C16H20N4O3/c1-5-12(17-6-2)10-19-11(3)15-13(9-14(19)21)18-20(16(15)22)7-8-23-4/h5-6,9,18H,1-2,7-8,10H2,3-4H3. The van der Waals surface area contributed by atoms with Crippen LogP contribution in [0.15, 0.2) is 46.1 Å². The van der Waals surface area contributed by atoms with E-state index < -0.39 is 0 Å². The lowest BCUT2D eigenvalue weighted by atomic mass is 10.2. The summed E-state index contributed by atoms with van der Waals surface area (Å²) in [6, 6.07) is 1.42. The van der Waals surface area contributed by atoms with Crippen LogP contribution >= 0.6 is 0 Å². The fraction of sp³-hybridized carbons (Fsp3) is 0.312. The highest BCUT2D eigenvalue weighted by molar-refractivity contribution is 5.95. The summed E-state index contributed by atoms with van der Waals surface area (Å²) in [6.07, 6.45) is 2.95. The molecule has 0 saturated carbocycles. The smallest absolute Gasteiger partial charge is 0.276 e. The fourth-order valence-corrected chi connectivity index (χ4v) is 2.43. The van der Waals surface area contributed by atoms with Gasteiger partial charge in [-0.2, -0.15) is 0 Å². The first kappa shape index (κ1) is 16.7. The predicted octanol–water partition coefficient (Wildman–Crippen LogP) is 1.22. The SMILES string of the molecule is C=CN=C(C=C)Cn1c(C)c2c(=O)n(CCOC)[nH]c2cc1=O. The van der Waals surface area contributed by atoms with Crippen molar-refractivity contribution in [2.75, 3.05) is 13.7 Å². The van der Waals surface area contributed by atoms with E-state index in [1.165, 1.54) is 21.5 Å². The Labute approximate surface area is 133 Å². The minimum absolute atomic E-state index is 0.177. The molecular formula is C16H20N4O3. The van der Waals surface area contributed by atoms with Crippen molar-refractivity contribution >= 4 is 16.6 Å². The van der Waals surface area contributed by atoms with Crippen LogP contribution in [-0.4, -0.2) is 33.8 Å². The van der Waals surface area contributed by atoms with Crippen LogP contribution < -0.4 is 11.1 Å². The summed E-state index contributed by atoms with van der Waals surface area (Å²) in [6.45, 7) is 9.99. The van der Waals surface area contributed by atoms with E-state index in [0.717, 1.165) is 0 Å². The average molecular weight is 316 g/mol. The second kappa shape index (κ2) is 7.06. The Kier molecular flexibility index (Phi) is 5.13. The van der Waals surface area contributed by atoms with Crippen molar-refractivity contribution in [3.63, 3.8) is 0 Å². The Bertz CT molecular complexity index is 883. The normalized spacial score (nSPS) is 11.8. The summed E-state index contributed by atoms with van der Waals surface area (Å²) in [5.41, 5.74) is 1.31. The molecule has 0 bridgehead atoms. The molecule has 0 fully saturated rings. The maximum atomic E-state index is 12.5. The molecule has 0 aliphatic carbocycles. The maximum Gasteiger partial charge on any atom is 0.276 e. The van der Waals surface area contributed by atoms with Crippen LogP contribution in [0.1, 0.15) is 5.69 Å². The number of methoxy groups -OCH3 is 1. The number of ether oxygens (including phenoxy) is 1. The van der Waals surface area contributed by atoms with E-state index in [2.05, 4.69) is 23.2 Å². The number of hydrogen-bond acceptors (Lipinski definition) is 4. The van der Waals surface area contributed by atoms with E-state index in [1.807, 2.05) is 0 Å². The van der Waals surface area contributed by atoms with Gasteiger partial charge in [-0.15, -0.1) is 0 Å². The third-order valence-electron chi connectivity index (χ3n) is 3.62. The molecule has 0 unspecified atom stereocenters. The van der Waals surface area contributed by atoms with Crippen molar-refractivity contribution in [2.24, 2.45) is 4.99 Å². The molecule has 7 nitrogen and oxygen atoms in total. The number of H-pyrrole nitrogens is 1. The summed E-state index contributed by atoms with van der Waals surface area (Å²) in [5.74, 6) is 0. The van der Waals surface area contributed by atoms with Crippen LogP contribution in [0, 0.1) is 6.92 Å². The Hall–Kier alpha value is -2.67. The molecule has 0 spiro atoms. The molecule has 7 heteroatoms. The maximum absolute atomic E-state index is 12.5. The highest BCUT2D eigenvalue weighted by Crippen LogP contribution is 2.10. The number of pyridine rings is 1. The molecule has 0 aliphatic heterocycles. The van der Waals surface area contributed by atoms with Gasteiger partial charge in [-0.25, -0.2) is 4.68 Å². The first-order valence-electron chi connectivity index (χ1n) is 7.15. The van der Waals surface area contributed by atoms with Gasteiger partial charge in [0, 0.05) is 25.1 Å². The van der Waals surface area contributed by atoms with Crippen LogP contribution in [0.2, 0.25) is 0 Å². The van der Waals surface area contributed by atoms with Crippen LogP contribution in [0.4, 0.5) is 0 Å². The van der Waals surface area contributed by atoms with Gasteiger partial charge in [0.15, 0.2) is 0 Å². The molecule has 122 valence electrons. The quantitative estimate of drug-likeness (QED) is 0.780. The van der Waals surface area contributed by atoms with Gasteiger partial charge in [0.25, 0.3) is 11.1 Å². The van der Waals surface area contributed by atoms with Crippen LogP contribution in [0.25, 0.3) is 10.9 Å². The lowest BCUT2D eigenvalue weighted by molar-refractivity contribution is 0.183. The number of hydrogen-bond donors (Lipinski definition) is 1. The molecule has 0 aromatic carbocycles. The molecule has 0 saturated heterocycles. The monoisotopic (exact) mass is 316 g/mol. The molecule has 23 heavy (non-hydrogen) atoms. The molecular weight excluding hydrogens is 296 g/mol. The zero-order valence-electron chi connectivity index (χ0n) is 13.3. The van der Waals surface area contributed by atoms with Gasteiger partial charge in [0.2, 0.25) is 0 Å². The molecule has 2 aromatic rings. The number of aliphatic imine (C=N–C) groups is 1. The minimum atomic E-state index is -0.214. The third kappa shape index (κ3) is 3.24. The Morgan fingerprint density at radius 3 is 2.78 bits per heavy atom. The average Bonchev–Trinajstić information content (AvgIpc) is 2.84. The highest BCUT2D eigenvalue weighted by Gasteiger charge is 2.14. The number of rotatable bonds is 7. The number of nitrogens with zero attached hydrogens (tertiary/aromatic N) is 3. The first-order valence-corrected chi connectivity index (χ1v) is 7.15. The van der Waals surface area contributed by atoms with Gasteiger partial charge in [0.05, 0.1) is 36.3 Å². The summed E-state index contributed by atoms with van der Waals surface area (Å²) < 4.78 is 7.93. The zero-order valence-corrected chi connectivity index (χ0v) is 13.3. The minimum Gasteiger partial charge on any atom is -0.383 e. The topological polar surface area (TPSA) is 81.4 Å². The van der Waals surface area contributed by atoms with E-state index in [-0.39, 0.29) is 17.7 Å². The van der Waals surface area contributed by atoms with E-state index in [1.54, 1.807) is 20.1 Å². The van der Waals surface area contributed by atoms with E-state index in [9.17, 15) is 9.59 Å². The van der Waals surface area contributed by atoms with Crippen molar-refractivity contribution in [3.8, 4) is 0 Å². The summed E-state index contributed by atoms with van der Waals surface area (Å²) in [5, 5.41) is 3.43. The lowest BCUT2D eigenvalue weighted by Crippen LogP contribution is -2.26. The summed E-state index contributed by atoms with van der Waals surface area (Å²) >= 11 is 0. The van der Waals surface area contributed by atoms with Crippen molar-refractivity contribution in [1.29, 1.82) is 0 Å². The van der Waals surface area contributed by atoms with E-state index in [0.29, 0.717) is 35.5 Å². The fourth-order valence-electron chi connectivity index (χ4n) is 2.43. The van der Waals surface area contributed by atoms with Gasteiger partial charge >= 0.3 is 0 Å². The molecule has 1 N–H and O–H groups in total. The van der Waals surface area contributed by atoms with Gasteiger partial charge in [0.1, 0.15) is 0 Å². The van der Waals surface area contributed by atoms with Crippen molar-refractivity contribution in [3.05, 3.63) is 57.9 Å². The van der Waals surface area contributed by atoms with E-state index in [4.69, 9.17) is 4.74 Å². The predicted molar refractivity (Wildman–Crippen MR) is 91.3 cm³/mol. The van der Waals surface area contributed by atoms with Gasteiger partial charge in [-0.05, 0) is 13.0 Å². The number of nitrogens with one attached hydrogen (secondary N) is 1. The third-order valence-corrected chi connectivity index (χ3v) is 3.62. The molecule has 2 rings (SSSR count). The van der Waals surface area contributed by atoms with E-state index >= 15 is 0 Å². The van der Waals surface area contributed by atoms with Crippen LogP contribution in [0.3, 0.4) is 0 Å². The van der Waals surface area contributed by atoms with Crippen molar-refractivity contribution < 1.29 is 4.74 Å². The Morgan fingerprint density at radius 1 is 1.43 bits per heavy atom. The van der Waals surface area contributed by atoms with Crippen molar-refractivity contribution in [1.82, 2.24) is 14.3 Å². The molecule has 0 aliphatic rings. The molecule has 2 aromatic heterocycles. The molecule has 0 amide bonds. The summed E-state index contributed by atoms with van der Waals surface area (Å²) in [7, 11) is 1.57. The highest BCUT2D eigenvalue weighted by atomic mass is 16.5. The number of aromatic nitrogens is 3. The van der Waals surface area contributed by atoms with Gasteiger partial charge < -0.3 is 9.30 Å². The molecule has 0 atom stereocenters. The van der Waals surface area contributed by atoms with Crippen LogP contribution in [0.5, 0.6) is 0 Å². The summed E-state index contributed by atoms with van der Waals surface area (Å²) in [4.78, 5) is 28.9. The number of aryl methyl sites for hydroxylation is 1. The largest absolute Gasteiger partial charge is 0.383 e. The molecule has 0 radical (unpaired) electrons. The molecule has 2 heterocycles.